The van der Waals surface area contributed by atoms with Gasteiger partial charge in [-0.25, -0.2) is 0 Å². The number of benzene rings is 2. The topological polar surface area (TPSA) is 79.0 Å². The van der Waals surface area contributed by atoms with Crippen LogP contribution in [0.15, 0.2) is 60.7 Å². The lowest BCUT2D eigenvalue weighted by Crippen LogP contribution is -2.52. The van der Waals surface area contributed by atoms with Gasteiger partial charge in [0.15, 0.2) is 0 Å². The Kier molecular flexibility index (Phi) is 6.81. The van der Waals surface area contributed by atoms with E-state index < -0.39 is 12.1 Å². The summed E-state index contributed by atoms with van der Waals surface area (Å²) < 4.78 is 5.59. The monoisotopic (exact) mass is 369 g/mol. The minimum absolute atomic E-state index is 0.0474. The minimum atomic E-state index is -0.623. The Labute approximate surface area is 160 Å². The summed E-state index contributed by atoms with van der Waals surface area (Å²) in [6.45, 7) is 3.45. The quantitative estimate of drug-likeness (QED) is 0.768. The third kappa shape index (κ3) is 5.53. The molecule has 0 bridgehead atoms. The molecule has 0 aliphatic carbocycles. The number of aliphatic hydroxyl groups is 1. The number of carbonyl (C=O) groups is 1. The number of aliphatic hydroxyl groups excluding tert-OH is 1. The molecule has 2 atom stereocenters. The maximum absolute atomic E-state index is 12.6. The second kappa shape index (κ2) is 9.50. The van der Waals surface area contributed by atoms with Gasteiger partial charge in [-0.05, 0) is 17.7 Å². The molecule has 1 fully saturated rings. The van der Waals surface area contributed by atoms with Gasteiger partial charge in [-0.2, -0.15) is 0 Å². The standard InChI is InChI=1S/C21H27N3O3/c22-20(17-7-3-1-4-8-17)21(26)24-13-11-23(12-14-24)15-18(25)16-27-19-9-5-2-6-10-19/h1-10,18,20,25H,11-16,22H2. The zero-order chi connectivity index (χ0) is 19.1. The molecular formula is C21H27N3O3. The summed E-state index contributed by atoms with van der Waals surface area (Å²) in [5, 5.41) is 10.2. The van der Waals surface area contributed by atoms with E-state index in [1.54, 1.807) is 4.90 Å². The van der Waals surface area contributed by atoms with Crippen LogP contribution in [0.2, 0.25) is 0 Å². The number of piperazine rings is 1. The van der Waals surface area contributed by atoms with Crippen molar-refractivity contribution in [1.82, 2.24) is 9.80 Å². The van der Waals surface area contributed by atoms with E-state index in [9.17, 15) is 9.90 Å². The number of carbonyl (C=O) groups excluding carboxylic acids is 1. The van der Waals surface area contributed by atoms with E-state index in [0.717, 1.165) is 24.4 Å². The Morgan fingerprint density at radius 3 is 2.22 bits per heavy atom. The van der Waals surface area contributed by atoms with Crippen LogP contribution < -0.4 is 10.5 Å². The number of nitrogens with zero attached hydrogens (tertiary/aromatic N) is 2. The van der Waals surface area contributed by atoms with Crippen molar-refractivity contribution in [1.29, 1.82) is 0 Å². The maximum atomic E-state index is 12.6. The molecule has 27 heavy (non-hydrogen) atoms. The highest BCUT2D eigenvalue weighted by atomic mass is 16.5. The highest BCUT2D eigenvalue weighted by Crippen LogP contribution is 2.15. The minimum Gasteiger partial charge on any atom is -0.491 e. The smallest absolute Gasteiger partial charge is 0.244 e. The molecule has 1 amide bonds. The van der Waals surface area contributed by atoms with Crippen molar-refractivity contribution < 1.29 is 14.6 Å². The summed E-state index contributed by atoms with van der Waals surface area (Å²) in [6.07, 6.45) is -0.570. The molecule has 0 spiro atoms. The molecule has 2 unspecified atom stereocenters. The van der Waals surface area contributed by atoms with Crippen LogP contribution in [-0.2, 0) is 4.79 Å². The van der Waals surface area contributed by atoms with Crippen LogP contribution in [0.1, 0.15) is 11.6 Å². The SMILES string of the molecule is NC(C(=O)N1CCN(CC(O)COc2ccccc2)CC1)c1ccccc1. The van der Waals surface area contributed by atoms with E-state index in [0.29, 0.717) is 19.6 Å². The van der Waals surface area contributed by atoms with E-state index in [2.05, 4.69) is 4.90 Å². The summed E-state index contributed by atoms with van der Waals surface area (Å²) in [7, 11) is 0. The van der Waals surface area contributed by atoms with Gasteiger partial charge in [-0.15, -0.1) is 0 Å². The summed E-state index contributed by atoms with van der Waals surface area (Å²) in [5.41, 5.74) is 6.95. The molecule has 0 aromatic heterocycles. The van der Waals surface area contributed by atoms with Gasteiger partial charge in [0.25, 0.3) is 0 Å². The van der Waals surface area contributed by atoms with Crippen LogP contribution in [0.25, 0.3) is 0 Å². The molecule has 1 aliphatic rings. The number of ether oxygens (including phenoxy) is 1. The first kappa shape index (κ1) is 19.4. The van der Waals surface area contributed by atoms with E-state index >= 15 is 0 Å². The van der Waals surface area contributed by atoms with Gasteiger partial charge in [-0.3, -0.25) is 9.69 Å². The van der Waals surface area contributed by atoms with Gasteiger partial charge in [0.05, 0.1) is 0 Å². The zero-order valence-corrected chi connectivity index (χ0v) is 15.4. The largest absolute Gasteiger partial charge is 0.491 e. The first-order valence-electron chi connectivity index (χ1n) is 9.31. The molecule has 3 rings (SSSR count). The number of amides is 1. The second-order valence-electron chi connectivity index (χ2n) is 6.79. The molecule has 1 saturated heterocycles. The van der Waals surface area contributed by atoms with E-state index in [-0.39, 0.29) is 12.5 Å². The summed E-state index contributed by atoms with van der Waals surface area (Å²) in [5.74, 6) is 0.704. The van der Waals surface area contributed by atoms with Gasteiger partial charge in [0.2, 0.25) is 5.91 Å². The fraction of sp³-hybridized carbons (Fsp3) is 0.381. The molecule has 1 heterocycles. The Morgan fingerprint density at radius 2 is 1.59 bits per heavy atom. The zero-order valence-electron chi connectivity index (χ0n) is 15.4. The van der Waals surface area contributed by atoms with Crippen molar-refractivity contribution in [3.05, 3.63) is 66.2 Å². The normalized spacial score (nSPS) is 17.3. The van der Waals surface area contributed by atoms with Gasteiger partial charge in [-0.1, -0.05) is 48.5 Å². The number of β-amino-alcohol motifs (C(OH)–C–C–N with tert-alkyl or cyclic N) is 1. The molecule has 144 valence electrons. The third-order valence-electron chi connectivity index (χ3n) is 4.76. The lowest BCUT2D eigenvalue weighted by molar-refractivity contribution is -0.134. The third-order valence-corrected chi connectivity index (χ3v) is 4.76. The van der Waals surface area contributed by atoms with Crippen LogP contribution in [0.3, 0.4) is 0 Å². The highest BCUT2D eigenvalue weighted by Gasteiger charge is 2.26. The predicted molar refractivity (Wildman–Crippen MR) is 104 cm³/mol. The van der Waals surface area contributed by atoms with Crippen molar-refractivity contribution >= 4 is 5.91 Å². The lowest BCUT2D eigenvalue weighted by atomic mass is 10.1. The lowest BCUT2D eigenvalue weighted by Gasteiger charge is -2.36. The molecule has 0 radical (unpaired) electrons. The van der Waals surface area contributed by atoms with Gasteiger partial charge in [0.1, 0.15) is 24.5 Å². The van der Waals surface area contributed by atoms with Crippen molar-refractivity contribution in [3.63, 3.8) is 0 Å². The van der Waals surface area contributed by atoms with Crippen LogP contribution >= 0.6 is 0 Å². The Hall–Kier alpha value is -2.41. The predicted octanol–water partition coefficient (Wildman–Crippen LogP) is 1.27. The first-order valence-corrected chi connectivity index (χ1v) is 9.31. The Balaban J connectivity index is 1.41. The fourth-order valence-electron chi connectivity index (χ4n) is 3.21. The molecule has 6 heteroatoms. The number of hydrogen-bond donors (Lipinski definition) is 2. The molecule has 1 aliphatic heterocycles. The molecule has 2 aromatic carbocycles. The van der Waals surface area contributed by atoms with E-state index in [1.807, 2.05) is 60.7 Å². The van der Waals surface area contributed by atoms with Gasteiger partial charge < -0.3 is 20.5 Å². The van der Waals surface area contributed by atoms with Crippen molar-refractivity contribution in [2.75, 3.05) is 39.3 Å². The Bertz CT molecular complexity index is 703. The van der Waals surface area contributed by atoms with Crippen molar-refractivity contribution in [3.8, 4) is 5.75 Å². The molecule has 3 N–H and O–H groups in total. The average molecular weight is 369 g/mol. The number of rotatable bonds is 7. The number of nitrogens with two attached hydrogens (primary N) is 1. The molecule has 0 saturated carbocycles. The highest BCUT2D eigenvalue weighted by molar-refractivity contribution is 5.83. The van der Waals surface area contributed by atoms with Crippen LogP contribution in [0.4, 0.5) is 0 Å². The van der Waals surface area contributed by atoms with Crippen LogP contribution in [0, 0.1) is 0 Å². The number of para-hydroxylation sites is 1. The van der Waals surface area contributed by atoms with Gasteiger partial charge >= 0.3 is 0 Å². The Morgan fingerprint density at radius 1 is 1.00 bits per heavy atom. The van der Waals surface area contributed by atoms with Crippen molar-refractivity contribution in [2.24, 2.45) is 5.73 Å². The molecular weight excluding hydrogens is 342 g/mol. The molecule has 2 aromatic rings. The first-order chi connectivity index (χ1) is 13.1. The van der Waals surface area contributed by atoms with Crippen molar-refractivity contribution in [2.45, 2.75) is 12.1 Å². The van der Waals surface area contributed by atoms with E-state index in [1.165, 1.54) is 0 Å². The summed E-state index contributed by atoms with van der Waals surface area (Å²) in [6, 6.07) is 18.3. The summed E-state index contributed by atoms with van der Waals surface area (Å²) in [4.78, 5) is 16.6. The number of hydrogen-bond acceptors (Lipinski definition) is 5. The van der Waals surface area contributed by atoms with Crippen LogP contribution in [0.5, 0.6) is 5.75 Å². The average Bonchev–Trinajstić information content (AvgIpc) is 2.73. The van der Waals surface area contributed by atoms with Gasteiger partial charge in [0, 0.05) is 32.7 Å². The molecule has 6 nitrogen and oxygen atoms in total. The maximum Gasteiger partial charge on any atom is 0.244 e. The second-order valence-corrected chi connectivity index (χ2v) is 6.79. The fourth-order valence-corrected chi connectivity index (χ4v) is 3.21. The summed E-state index contributed by atoms with van der Waals surface area (Å²) >= 11 is 0. The van der Waals surface area contributed by atoms with E-state index in [4.69, 9.17) is 10.5 Å². The van der Waals surface area contributed by atoms with Crippen LogP contribution in [-0.4, -0.2) is 66.2 Å².